The first-order chi connectivity index (χ1) is 13.2. The van der Waals surface area contributed by atoms with Crippen LogP contribution < -0.4 is 5.32 Å². The van der Waals surface area contributed by atoms with Crippen molar-refractivity contribution in [3.05, 3.63) is 0 Å². The third-order valence-electron chi connectivity index (χ3n) is 5.15. The van der Waals surface area contributed by atoms with Gasteiger partial charge in [-0.2, -0.15) is 0 Å². The number of unbranched alkanes of at least 4 members (excludes halogenated alkanes) is 15. The molecule has 0 aromatic rings. The highest BCUT2D eigenvalue weighted by Crippen LogP contribution is 2.13. The van der Waals surface area contributed by atoms with E-state index < -0.39 is 5.97 Å². The van der Waals surface area contributed by atoms with Crippen molar-refractivity contribution in [1.82, 2.24) is 5.32 Å². The molecule has 27 heavy (non-hydrogen) atoms. The lowest BCUT2D eigenvalue weighted by Crippen LogP contribution is -2.23. The number of nitrogens with one attached hydrogen (secondary N) is 1. The molecule has 0 atom stereocenters. The lowest BCUT2D eigenvalue weighted by Gasteiger charge is -2.05. The Labute approximate surface area is 167 Å². The average Bonchev–Trinajstić information content (AvgIpc) is 2.64. The van der Waals surface area contributed by atoms with E-state index >= 15 is 0 Å². The maximum atomic E-state index is 11.6. The summed E-state index contributed by atoms with van der Waals surface area (Å²) in [6.07, 6.45) is 21.6. The van der Waals surface area contributed by atoms with E-state index in [1.165, 1.54) is 83.5 Å². The summed E-state index contributed by atoms with van der Waals surface area (Å²) < 4.78 is 0. The third kappa shape index (κ3) is 22.9. The molecule has 1 amide bonds. The van der Waals surface area contributed by atoms with Crippen LogP contribution in [0.15, 0.2) is 0 Å². The molecule has 160 valence electrons. The topological polar surface area (TPSA) is 66.4 Å². The predicted molar refractivity (Wildman–Crippen MR) is 114 cm³/mol. The van der Waals surface area contributed by atoms with E-state index in [0.717, 1.165) is 32.2 Å². The predicted octanol–water partition coefficient (Wildman–Crippen LogP) is 6.62. The van der Waals surface area contributed by atoms with E-state index in [0.29, 0.717) is 12.8 Å². The molecule has 0 heterocycles. The van der Waals surface area contributed by atoms with Crippen LogP contribution in [0.2, 0.25) is 0 Å². The summed E-state index contributed by atoms with van der Waals surface area (Å²) in [5.41, 5.74) is 0. The van der Waals surface area contributed by atoms with Gasteiger partial charge < -0.3 is 10.4 Å². The number of carbonyl (C=O) groups excluding carboxylic acids is 1. The van der Waals surface area contributed by atoms with Crippen LogP contribution in [-0.2, 0) is 9.59 Å². The fourth-order valence-electron chi connectivity index (χ4n) is 3.37. The van der Waals surface area contributed by atoms with Crippen molar-refractivity contribution < 1.29 is 14.7 Å². The molecule has 4 heteroatoms. The highest BCUT2D eigenvalue weighted by molar-refractivity contribution is 5.75. The molecule has 0 aliphatic carbocycles. The molecule has 0 radical (unpaired) electrons. The molecule has 0 unspecified atom stereocenters. The Balaban J connectivity index is 3.10. The van der Waals surface area contributed by atoms with Crippen LogP contribution in [0.5, 0.6) is 0 Å². The van der Waals surface area contributed by atoms with Crippen molar-refractivity contribution >= 4 is 11.9 Å². The minimum Gasteiger partial charge on any atom is -0.481 e. The zero-order valence-electron chi connectivity index (χ0n) is 17.9. The first kappa shape index (κ1) is 25.9. The first-order valence-corrected chi connectivity index (χ1v) is 11.6. The van der Waals surface area contributed by atoms with Crippen molar-refractivity contribution in [2.24, 2.45) is 0 Å². The molecule has 0 aromatic heterocycles. The Morgan fingerprint density at radius 3 is 1.41 bits per heavy atom. The van der Waals surface area contributed by atoms with E-state index in [1.54, 1.807) is 0 Å². The first-order valence-electron chi connectivity index (χ1n) is 11.6. The molecule has 0 spiro atoms. The number of amides is 1. The molecule has 0 fully saturated rings. The summed E-state index contributed by atoms with van der Waals surface area (Å²) in [4.78, 5) is 22.0. The average molecular weight is 384 g/mol. The van der Waals surface area contributed by atoms with Crippen LogP contribution in [0.1, 0.15) is 129 Å². The highest BCUT2D eigenvalue weighted by atomic mass is 16.4. The minimum atomic E-state index is -0.668. The van der Waals surface area contributed by atoms with Crippen LogP contribution in [0, 0.1) is 0 Å². The SMILES string of the molecule is CCCCCNC(=O)CCCCCCCCCCCCCCCCC(=O)O. The molecule has 0 saturated carbocycles. The van der Waals surface area contributed by atoms with Crippen LogP contribution in [0.3, 0.4) is 0 Å². The van der Waals surface area contributed by atoms with Crippen molar-refractivity contribution in [3.63, 3.8) is 0 Å². The maximum absolute atomic E-state index is 11.6. The normalized spacial score (nSPS) is 10.9. The molecule has 0 aromatic carbocycles. The summed E-state index contributed by atoms with van der Waals surface area (Å²) in [7, 11) is 0. The monoisotopic (exact) mass is 383 g/mol. The van der Waals surface area contributed by atoms with Crippen molar-refractivity contribution in [2.75, 3.05) is 6.54 Å². The summed E-state index contributed by atoms with van der Waals surface area (Å²) in [5.74, 6) is -0.439. The largest absolute Gasteiger partial charge is 0.481 e. The second-order valence-corrected chi connectivity index (χ2v) is 7.90. The molecule has 0 saturated heterocycles. The van der Waals surface area contributed by atoms with Gasteiger partial charge in [0.15, 0.2) is 0 Å². The minimum absolute atomic E-state index is 0.230. The molecule has 4 nitrogen and oxygen atoms in total. The van der Waals surface area contributed by atoms with Crippen molar-refractivity contribution in [2.45, 2.75) is 129 Å². The van der Waals surface area contributed by atoms with Crippen LogP contribution >= 0.6 is 0 Å². The molecule has 0 bridgehead atoms. The number of carboxylic acid groups (broad SMARTS) is 1. The summed E-state index contributed by atoms with van der Waals surface area (Å²) in [6, 6.07) is 0. The van der Waals surface area contributed by atoms with Gasteiger partial charge in [0.2, 0.25) is 5.91 Å². The van der Waals surface area contributed by atoms with Gasteiger partial charge in [-0.25, -0.2) is 0 Å². The van der Waals surface area contributed by atoms with Gasteiger partial charge in [-0.3, -0.25) is 9.59 Å². The van der Waals surface area contributed by atoms with E-state index in [-0.39, 0.29) is 5.91 Å². The van der Waals surface area contributed by atoms with Gasteiger partial charge in [0.25, 0.3) is 0 Å². The molecular weight excluding hydrogens is 338 g/mol. The van der Waals surface area contributed by atoms with E-state index in [2.05, 4.69) is 12.2 Å². The lowest BCUT2D eigenvalue weighted by atomic mass is 10.0. The standard InChI is InChI=1S/C23H45NO3/c1-2-3-18-21-24-22(25)19-16-14-12-10-8-6-4-5-7-9-11-13-15-17-20-23(26)27/h2-21H2,1H3,(H,24,25)(H,26,27). The van der Waals surface area contributed by atoms with Crippen molar-refractivity contribution in [1.29, 1.82) is 0 Å². The second-order valence-electron chi connectivity index (χ2n) is 7.90. The van der Waals surface area contributed by atoms with Gasteiger partial charge in [0.1, 0.15) is 0 Å². The van der Waals surface area contributed by atoms with E-state index in [1.807, 2.05) is 0 Å². The fourth-order valence-corrected chi connectivity index (χ4v) is 3.37. The Kier molecular flexibility index (Phi) is 20.4. The molecular formula is C23H45NO3. The van der Waals surface area contributed by atoms with Gasteiger partial charge >= 0.3 is 5.97 Å². The summed E-state index contributed by atoms with van der Waals surface area (Å²) >= 11 is 0. The van der Waals surface area contributed by atoms with Crippen LogP contribution in [0.4, 0.5) is 0 Å². The number of hydrogen-bond acceptors (Lipinski definition) is 2. The van der Waals surface area contributed by atoms with Gasteiger partial charge in [-0.05, 0) is 19.3 Å². The van der Waals surface area contributed by atoms with Gasteiger partial charge in [0.05, 0.1) is 0 Å². The summed E-state index contributed by atoms with van der Waals surface area (Å²) in [6.45, 7) is 3.02. The lowest BCUT2D eigenvalue weighted by molar-refractivity contribution is -0.137. The number of rotatable bonds is 21. The molecule has 0 rings (SSSR count). The fraction of sp³-hybridized carbons (Fsp3) is 0.913. The third-order valence-corrected chi connectivity index (χ3v) is 5.15. The highest BCUT2D eigenvalue weighted by Gasteiger charge is 2.00. The smallest absolute Gasteiger partial charge is 0.303 e. The number of hydrogen-bond donors (Lipinski definition) is 2. The van der Waals surface area contributed by atoms with Gasteiger partial charge in [-0.15, -0.1) is 0 Å². The second kappa shape index (κ2) is 21.2. The summed E-state index contributed by atoms with van der Waals surface area (Å²) in [5, 5.41) is 11.6. The molecule has 0 aliphatic heterocycles. The van der Waals surface area contributed by atoms with E-state index in [9.17, 15) is 9.59 Å². The van der Waals surface area contributed by atoms with Gasteiger partial charge in [-0.1, -0.05) is 96.8 Å². The van der Waals surface area contributed by atoms with Crippen LogP contribution in [0.25, 0.3) is 0 Å². The van der Waals surface area contributed by atoms with E-state index in [4.69, 9.17) is 5.11 Å². The number of aliphatic carboxylic acids is 1. The maximum Gasteiger partial charge on any atom is 0.303 e. The number of carboxylic acids is 1. The number of carbonyl (C=O) groups is 2. The zero-order valence-corrected chi connectivity index (χ0v) is 17.9. The Hall–Kier alpha value is -1.06. The Morgan fingerprint density at radius 1 is 0.593 bits per heavy atom. The van der Waals surface area contributed by atoms with Crippen molar-refractivity contribution in [3.8, 4) is 0 Å². The van der Waals surface area contributed by atoms with Gasteiger partial charge in [0, 0.05) is 19.4 Å². The Morgan fingerprint density at radius 2 is 1.00 bits per heavy atom. The molecule has 2 N–H and O–H groups in total. The Bertz CT molecular complexity index is 345. The zero-order chi connectivity index (χ0) is 20.0. The molecule has 0 aliphatic rings. The van der Waals surface area contributed by atoms with Crippen LogP contribution in [-0.4, -0.2) is 23.5 Å². The quantitative estimate of drug-likeness (QED) is 0.219.